The topological polar surface area (TPSA) is 53.8 Å². The Morgan fingerprint density at radius 3 is 2.96 bits per heavy atom. The van der Waals surface area contributed by atoms with E-state index in [0.717, 1.165) is 0 Å². The number of para-hydroxylation sites is 1. The third-order valence-electron chi connectivity index (χ3n) is 3.99. The maximum Gasteiger partial charge on any atom is 0.291 e. The first-order valence-electron chi connectivity index (χ1n) is 7.34. The van der Waals surface area contributed by atoms with E-state index in [1.165, 1.54) is 28.8 Å². The Kier molecular flexibility index (Phi) is 4.30. The summed E-state index contributed by atoms with van der Waals surface area (Å²) in [6, 6.07) is 5.56. The predicted octanol–water partition coefficient (Wildman–Crippen LogP) is 2.57. The van der Waals surface area contributed by atoms with Gasteiger partial charge in [0.2, 0.25) is 5.91 Å². The average molecular weight is 336 g/mol. The van der Waals surface area contributed by atoms with Crippen LogP contribution in [0.2, 0.25) is 0 Å². The third kappa shape index (κ3) is 2.81. The molecule has 0 saturated carbocycles. The molecule has 1 saturated heterocycles. The maximum absolute atomic E-state index is 13.7. The number of thioether (sulfide) groups is 1. The van der Waals surface area contributed by atoms with Crippen LogP contribution >= 0.6 is 11.8 Å². The molecular weight excluding hydrogens is 319 g/mol. The number of hydrogen-bond donors (Lipinski definition) is 0. The first-order chi connectivity index (χ1) is 11.0. The van der Waals surface area contributed by atoms with Crippen molar-refractivity contribution in [2.45, 2.75) is 13.0 Å². The van der Waals surface area contributed by atoms with Gasteiger partial charge in [0.15, 0.2) is 17.2 Å². The van der Waals surface area contributed by atoms with E-state index < -0.39 is 11.9 Å². The summed E-state index contributed by atoms with van der Waals surface area (Å²) < 4.78 is 19.1. The van der Waals surface area contributed by atoms with E-state index in [2.05, 4.69) is 0 Å². The average Bonchev–Trinajstić information content (AvgIpc) is 3.20. The van der Waals surface area contributed by atoms with Gasteiger partial charge in [-0.05, 0) is 19.1 Å². The van der Waals surface area contributed by atoms with Crippen LogP contribution in [0.15, 0.2) is 28.7 Å². The molecule has 0 spiro atoms. The normalized spacial score (nSPS) is 17.7. The van der Waals surface area contributed by atoms with Crippen molar-refractivity contribution >= 4 is 34.5 Å². The molecule has 3 rings (SSSR count). The maximum atomic E-state index is 13.7. The molecule has 1 fully saturated rings. The highest BCUT2D eigenvalue weighted by Crippen LogP contribution is 2.28. The van der Waals surface area contributed by atoms with Gasteiger partial charge in [-0.15, -0.1) is 11.8 Å². The highest BCUT2D eigenvalue weighted by atomic mass is 32.2. The fourth-order valence-electron chi connectivity index (χ4n) is 2.53. The van der Waals surface area contributed by atoms with Crippen LogP contribution in [0.3, 0.4) is 0 Å². The van der Waals surface area contributed by atoms with Gasteiger partial charge in [-0.25, -0.2) is 4.39 Å². The number of likely N-dealkylation sites (N-methyl/N-ethyl adjacent to an activating group) is 1. The molecule has 23 heavy (non-hydrogen) atoms. The minimum atomic E-state index is -0.504. The Bertz CT molecular complexity index is 761. The lowest BCUT2D eigenvalue weighted by Gasteiger charge is -2.26. The SMILES string of the molecule is CCN(C)C(=O)[C@@H]1CSCN1C(=O)c1cc2cccc(F)c2o1. The van der Waals surface area contributed by atoms with E-state index in [1.54, 1.807) is 24.1 Å². The van der Waals surface area contributed by atoms with Gasteiger partial charge < -0.3 is 14.2 Å². The fraction of sp³-hybridized carbons (Fsp3) is 0.375. The monoisotopic (exact) mass is 336 g/mol. The van der Waals surface area contributed by atoms with Crippen molar-refractivity contribution < 1.29 is 18.4 Å². The number of furan rings is 1. The van der Waals surface area contributed by atoms with E-state index in [1.807, 2.05) is 6.92 Å². The van der Waals surface area contributed by atoms with E-state index in [4.69, 9.17) is 4.42 Å². The smallest absolute Gasteiger partial charge is 0.291 e. The van der Waals surface area contributed by atoms with Crippen molar-refractivity contribution in [3.8, 4) is 0 Å². The summed E-state index contributed by atoms with van der Waals surface area (Å²) >= 11 is 1.52. The van der Waals surface area contributed by atoms with Crippen molar-refractivity contribution in [1.82, 2.24) is 9.80 Å². The zero-order chi connectivity index (χ0) is 16.6. The molecule has 1 aromatic carbocycles. The summed E-state index contributed by atoms with van der Waals surface area (Å²) in [5.74, 6) is 0.0670. The summed E-state index contributed by atoms with van der Waals surface area (Å²) in [6.45, 7) is 2.46. The standard InChI is InChI=1S/C16H17FN2O3S/c1-3-18(2)15(20)12-8-23-9-19(12)16(21)13-7-10-5-4-6-11(17)14(10)22-13/h4-7,12H,3,8-9H2,1-2H3/t12-/m0/s1. The van der Waals surface area contributed by atoms with Crippen LogP contribution < -0.4 is 0 Å². The Morgan fingerprint density at radius 2 is 2.26 bits per heavy atom. The van der Waals surface area contributed by atoms with Crippen molar-refractivity contribution in [3.05, 3.63) is 35.8 Å². The van der Waals surface area contributed by atoms with Gasteiger partial charge in [0.05, 0.1) is 5.88 Å². The molecule has 0 bridgehead atoms. The van der Waals surface area contributed by atoms with Gasteiger partial charge in [0, 0.05) is 24.7 Å². The summed E-state index contributed by atoms with van der Waals surface area (Å²) in [5, 5.41) is 0.536. The van der Waals surface area contributed by atoms with Crippen LogP contribution in [0.5, 0.6) is 0 Å². The third-order valence-corrected chi connectivity index (χ3v) is 5.00. The van der Waals surface area contributed by atoms with Crippen LogP contribution in [0.4, 0.5) is 4.39 Å². The second kappa shape index (κ2) is 6.23. The summed E-state index contributed by atoms with van der Waals surface area (Å²) in [6.07, 6.45) is 0. The number of hydrogen-bond acceptors (Lipinski definition) is 4. The molecule has 0 radical (unpaired) electrons. The minimum absolute atomic E-state index is 0.0598. The molecular formula is C16H17FN2O3S. The van der Waals surface area contributed by atoms with Gasteiger partial charge in [0.1, 0.15) is 6.04 Å². The van der Waals surface area contributed by atoms with E-state index >= 15 is 0 Å². The molecule has 0 N–H and O–H groups in total. The van der Waals surface area contributed by atoms with Gasteiger partial charge in [-0.1, -0.05) is 12.1 Å². The Hall–Kier alpha value is -2.02. The number of carbonyl (C=O) groups excluding carboxylic acids is 2. The molecule has 0 aliphatic carbocycles. The summed E-state index contributed by atoms with van der Waals surface area (Å²) in [7, 11) is 1.71. The lowest BCUT2D eigenvalue weighted by Crippen LogP contribution is -2.47. The lowest BCUT2D eigenvalue weighted by molar-refractivity contribution is -0.133. The van der Waals surface area contributed by atoms with Crippen molar-refractivity contribution in [1.29, 1.82) is 0 Å². The molecule has 2 aromatic rings. The van der Waals surface area contributed by atoms with E-state index in [-0.39, 0.29) is 23.2 Å². The van der Waals surface area contributed by atoms with Gasteiger partial charge in [0.25, 0.3) is 5.91 Å². The number of halogens is 1. The zero-order valence-electron chi connectivity index (χ0n) is 12.9. The van der Waals surface area contributed by atoms with Crippen LogP contribution in [0.1, 0.15) is 17.5 Å². The molecule has 1 aliphatic rings. The molecule has 0 unspecified atom stereocenters. The first kappa shape index (κ1) is 15.9. The quantitative estimate of drug-likeness (QED) is 0.864. The van der Waals surface area contributed by atoms with Crippen LogP contribution in [-0.2, 0) is 4.79 Å². The zero-order valence-corrected chi connectivity index (χ0v) is 13.7. The highest BCUT2D eigenvalue weighted by Gasteiger charge is 2.37. The Labute approximate surface area is 137 Å². The summed E-state index contributed by atoms with van der Waals surface area (Å²) in [4.78, 5) is 28.1. The minimum Gasteiger partial charge on any atom is -0.448 e. The molecule has 122 valence electrons. The van der Waals surface area contributed by atoms with Crippen molar-refractivity contribution in [2.75, 3.05) is 25.2 Å². The van der Waals surface area contributed by atoms with Crippen LogP contribution in [0, 0.1) is 5.82 Å². The molecule has 1 aromatic heterocycles. The molecule has 2 amide bonds. The molecule has 5 nitrogen and oxygen atoms in total. The van der Waals surface area contributed by atoms with Crippen LogP contribution in [0.25, 0.3) is 11.0 Å². The second-order valence-electron chi connectivity index (χ2n) is 5.41. The van der Waals surface area contributed by atoms with E-state index in [0.29, 0.717) is 23.6 Å². The van der Waals surface area contributed by atoms with Gasteiger partial charge in [-0.2, -0.15) is 0 Å². The molecule has 1 atom stereocenters. The van der Waals surface area contributed by atoms with Gasteiger partial charge >= 0.3 is 0 Å². The number of amides is 2. The van der Waals surface area contributed by atoms with Crippen LogP contribution in [-0.4, -0.2) is 52.9 Å². The first-order valence-corrected chi connectivity index (χ1v) is 8.50. The molecule has 1 aliphatic heterocycles. The summed E-state index contributed by atoms with van der Waals surface area (Å²) in [5.41, 5.74) is 0.0660. The molecule has 7 heteroatoms. The number of benzene rings is 1. The Morgan fingerprint density at radius 1 is 1.48 bits per heavy atom. The fourth-order valence-corrected chi connectivity index (χ4v) is 3.68. The molecule has 2 heterocycles. The Balaban J connectivity index is 1.88. The number of rotatable bonds is 3. The van der Waals surface area contributed by atoms with E-state index in [9.17, 15) is 14.0 Å². The highest BCUT2D eigenvalue weighted by molar-refractivity contribution is 7.99. The second-order valence-corrected chi connectivity index (χ2v) is 6.41. The number of nitrogens with zero attached hydrogens (tertiary/aromatic N) is 2. The van der Waals surface area contributed by atoms with Crippen molar-refractivity contribution in [2.24, 2.45) is 0 Å². The number of carbonyl (C=O) groups is 2. The largest absolute Gasteiger partial charge is 0.448 e. The number of fused-ring (bicyclic) bond motifs is 1. The predicted molar refractivity (Wildman–Crippen MR) is 86.8 cm³/mol. The van der Waals surface area contributed by atoms with Crippen molar-refractivity contribution in [3.63, 3.8) is 0 Å². The lowest BCUT2D eigenvalue weighted by atomic mass is 10.2. The van der Waals surface area contributed by atoms with Gasteiger partial charge in [-0.3, -0.25) is 9.59 Å².